The van der Waals surface area contributed by atoms with Crippen molar-refractivity contribution in [1.29, 1.82) is 0 Å². The van der Waals surface area contributed by atoms with Crippen LogP contribution in [0, 0.1) is 17.2 Å². The number of nitrogens with one attached hydrogen (secondary N) is 2. The average Bonchev–Trinajstić information content (AvgIpc) is 3.16. The molecule has 2 aliphatic heterocycles. The Balaban J connectivity index is 1.92. The minimum Gasteiger partial charge on any atom is -0.396 e. The molecule has 154 valence electrons. The third kappa shape index (κ3) is 3.15. The molecule has 0 bridgehead atoms. The Morgan fingerprint density at radius 2 is 2.03 bits per heavy atom. The lowest BCUT2D eigenvalue weighted by Gasteiger charge is -2.37. The number of anilines is 1. The summed E-state index contributed by atoms with van der Waals surface area (Å²) in [6, 6.07) is 9.58. The topological polar surface area (TPSA) is 61.4 Å². The van der Waals surface area contributed by atoms with E-state index < -0.39 is 22.7 Å². The lowest BCUT2D eigenvalue weighted by Crippen LogP contribution is -2.45. The van der Waals surface area contributed by atoms with E-state index in [1.165, 1.54) is 6.07 Å². The van der Waals surface area contributed by atoms with Crippen LogP contribution in [0.4, 0.5) is 10.1 Å². The fraction of sp³-hybridized carbons (Fsp3) is 0.409. The molecular weight excluding hydrogens is 414 g/mol. The molecule has 0 saturated carbocycles. The Labute approximate surface area is 179 Å². The molecule has 0 aliphatic carbocycles. The van der Waals surface area contributed by atoms with Crippen molar-refractivity contribution < 1.29 is 14.3 Å². The van der Waals surface area contributed by atoms with Crippen molar-refractivity contribution >= 4 is 34.8 Å². The third-order valence-electron chi connectivity index (χ3n) is 6.24. The SMILES string of the molecule is CC(C)(CO)CC1CNC(c2cccc(Cl)c2F)C12C(=O)Nc1cc(Cl)ccc12. The van der Waals surface area contributed by atoms with Gasteiger partial charge in [0.05, 0.1) is 16.5 Å². The highest BCUT2D eigenvalue weighted by molar-refractivity contribution is 6.31. The minimum absolute atomic E-state index is 0.00906. The first-order valence-corrected chi connectivity index (χ1v) is 10.4. The first kappa shape index (κ1) is 20.6. The van der Waals surface area contributed by atoms with Crippen molar-refractivity contribution in [3.8, 4) is 0 Å². The summed E-state index contributed by atoms with van der Waals surface area (Å²) in [5.74, 6) is -0.873. The largest absolute Gasteiger partial charge is 0.396 e. The van der Waals surface area contributed by atoms with E-state index in [1.807, 2.05) is 19.9 Å². The van der Waals surface area contributed by atoms with Crippen molar-refractivity contribution in [2.45, 2.75) is 31.7 Å². The van der Waals surface area contributed by atoms with Crippen LogP contribution in [0.5, 0.6) is 0 Å². The highest BCUT2D eigenvalue weighted by Gasteiger charge is 2.61. The van der Waals surface area contributed by atoms with Crippen LogP contribution >= 0.6 is 23.2 Å². The molecule has 1 saturated heterocycles. The molecule has 2 aromatic carbocycles. The Hall–Kier alpha value is -1.66. The number of benzene rings is 2. The van der Waals surface area contributed by atoms with Gasteiger partial charge in [-0.2, -0.15) is 0 Å². The molecule has 2 aliphatic rings. The van der Waals surface area contributed by atoms with E-state index in [1.54, 1.807) is 24.3 Å². The van der Waals surface area contributed by atoms with Crippen LogP contribution in [0.15, 0.2) is 36.4 Å². The molecule has 2 aromatic rings. The van der Waals surface area contributed by atoms with Crippen LogP contribution < -0.4 is 10.6 Å². The normalized spacial score (nSPS) is 26.1. The van der Waals surface area contributed by atoms with E-state index in [2.05, 4.69) is 10.6 Å². The Morgan fingerprint density at radius 3 is 2.76 bits per heavy atom. The van der Waals surface area contributed by atoms with Gasteiger partial charge in [0.25, 0.3) is 0 Å². The molecule has 1 amide bonds. The van der Waals surface area contributed by atoms with Gasteiger partial charge >= 0.3 is 0 Å². The van der Waals surface area contributed by atoms with Gasteiger partial charge in [-0.05, 0) is 41.5 Å². The molecule has 29 heavy (non-hydrogen) atoms. The van der Waals surface area contributed by atoms with Gasteiger partial charge in [-0.25, -0.2) is 4.39 Å². The van der Waals surface area contributed by atoms with Gasteiger partial charge in [0.1, 0.15) is 5.82 Å². The van der Waals surface area contributed by atoms with Crippen molar-refractivity contribution in [1.82, 2.24) is 5.32 Å². The number of carbonyl (C=O) groups is 1. The quantitative estimate of drug-likeness (QED) is 0.651. The van der Waals surface area contributed by atoms with Gasteiger partial charge in [0.2, 0.25) is 5.91 Å². The maximum atomic E-state index is 15.0. The zero-order chi connectivity index (χ0) is 21.0. The molecule has 3 N–H and O–H groups in total. The van der Waals surface area contributed by atoms with Gasteiger partial charge in [0, 0.05) is 29.4 Å². The summed E-state index contributed by atoms with van der Waals surface area (Å²) >= 11 is 12.2. The predicted octanol–water partition coefficient (Wildman–Crippen LogP) is 4.69. The molecule has 1 spiro atoms. The van der Waals surface area contributed by atoms with Crippen LogP contribution in [-0.2, 0) is 10.2 Å². The van der Waals surface area contributed by atoms with Gasteiger partial charge in [-0.15, -0.1) is 0 Å². The second-order valence-electron chi connectivity index (χ2n) is 8.72. The molecular formula is C22H23Cl2FN2O2. The molecule has 2 heterocycles. The molecule has 1 fully saturated rings. The Kier molecular flexibility index (Phi) is 5.14. The van der Waals surface area contributed by atoms with Crippen molar-refractivity contribution in [3.05, 3.63) is 63.4 Å². The van der Waals surface area contributed by atoms with Crippen LogP contribution in [-0.4, -0.2) is 24.2 Å². The summed E-state index contributed by atoms with van der Waals surface area (Å²) < 4.78 is 15.0. The average molecular weight is 437 g/mol. The Morgan fingerprint density at radius 1 is 1.28 bits per heavy atom. The minimum atomic E-state index is -1.03. The number of halogens is 3. The molecule has 3 atom stereocenters. The van der Waals surface area contributed by atoms with E-state index in [0.717, 1.165) is 5.56 Å². The van der Waals surface area contributed by atoms with E-state index in [0.29, 0.717) is 29.2 Å². The van der Waals surface area contributed by atoms with E-state index >= 15 is 4.39 Å². The summed E-state index contributed by atoms with van der Waals surface area (Å²) in [6.07, 6.45) is 0.588. The smallest absolute Gasteiger partial charge is 0.237 e. The van der Waals surface area contributed by atoms with Crippen LogP contribution in [0.1, 0.15) is 37.4 Å². The number of amides is 1. The van der Waals surface area contributed by atoms with Gasteiger partial charge in [0.15, 0.2) is 0 Å². The second kappa shape index (κ2) is 7.24. The van der Waals surface area contributed by atoms with Crippen molar-refractivity contribution in [2.24, 2.45) is 11.3 Å². The fourth-order valence-corrected chi connectivity index (χ4v) is 5.26. The maximum Gasteiger partial charge on any atom is 0.237 e. The number of fused-ring (bicyclic) bond motifs is 2. The number of aliphatic hydroxyl groups is 1. The molecule has 4 rings (SSSR count). The van der Waals surface area contributed by atoms with Gasteiger partial charge in [-0.1, -0.05) is 55.2 Å². The standard InChI is InChI=1S/C22H23Cl2FN2O2/c1-21(2,11-28)9-12-10-26-19(14-4-3-5-16(24)18(14)25)22(12)15-7-6-13(23)8-17(15)27-20(22)29/h3-8,12,19,26,28H,9-11H2,1-2H3,(H,27,29). The molecule has 7 heteroatoms. The van der Waals surface area contributed by atoms with Crippen LogP contribution in [0.2, 0.25) is 10.0 Å². The highest BCUT2D eigenvalue weighted by atomic mass is 35.5. The molecule has 4 nitrogen and oxygen atoms in total. The zero-order valence-electron chi connectivity index (χ0n) is 16.2. The van der Waals surface area contributed by atoms with Crippen LogP contribution in [0.25, 0.3) is 0 Å². The van der Waals surface area contributed by atoms with Gasteiger partial charge < -0.3 is 15.7 Å². The summed E-state index contributed by atoms with van der Waals surface area (Å²) in [6.45, 7) is 4.42. The number of carbonyl (C=O) groups excluding carboxylic acids is 1. The van der Waals surface area contributed by atoms with Crippen molar-refractivity contribution in [2.75, 3.05) is 18.5 Å². The van der Waals surface area contributed by atoms with Gasteiger partial charge in [-0.3, -0.25) is 4.79 Å². The fourth-order valence-electron chi connectivity index (χ4n) is 4.90. The molecule has 0 radical (unpaired) electrons. The summed E-state index contributed by atoms with van der Waals surface area (Å²) in [4.78, 5) is 13.5. The number of hydrogen-bond acceptors (Lipinski definition) is 3. The first-order chi connectivity index (χ1) is 13.7. The second-order valence-corrected chi connectivity index (χ2v) is 9.56. The number of aliphatic hydroxyl groups excluding tert-OH is 1. The van der Waals surface area contributed by atoms with Crippen LogP contribution in [0.3, 0.4) is 0 Å². The number of rotatable bonds is 4. The van der Waals surface area contributed by atoms with E-state index in [4.69, 9.17) is 23.2 Å². The first-order valence-electron chi connectivity index (χ1n) is 9.60. The zero-order valence-corrected chi connectivity index (χ0v) is 17.7. The predicted molar refractivity (Wildman–Crippen MR) is 113 cm³/mol. The lowest BCUT2D eigenvalue weighted by atomic mass is 9.63. The van der Waals surface area contributed by atoms with E-state index in [-0.39, 0.29) is 23.5 Å². The summed E-state index contributed by atoms with van der Waals surface area (Å²) in [5.41, 5.74) is 0.374. The van der Waals surface area contributed by atoms with E-state index in [9.17, 15) is 9.90 Å². The lowest BCUT2D eigenvalue weighted by molar-refractivity contribution is -0.123. The summed E-state index contributed by atoms with van der Waals surface area (Å²) in [5, 5.41) is 16.7. The monoisotopic (exact) mass is 436 g/mol. The Bertz CT molecular complexity index is 981. The third-order valence-corrected chi connectivity index (χ3v) is 6.77. The van der Waals surface area contributed by atoms with Crippen molar-refractivity contribution in [3.63, 3.8) is 0 Å². The number of hydrogen-bond donors (Lipinski definition) is 3. The maximum absolute atomic E-state index is 15.0. The summed E-state index contributed by atoms with van der Waals surface area (Å²) in [7, 11) is 0. The highest BCUT2D eigenvalue weighted by Crippen LogP contribution is 2.56. The molecule has 0 aromatic heterocycles. The molecule has 3 unspecified atom stereocenters.